The second-order valence-corrected chi connectivity index (χ2v) is 3.15. The highest BCUT2D eigenvalue weighted by atomic mass is 16.5. The van der Waals surface area contributed by atoms with Crippen LogP contribution in [0.25, 0.3) is 0 Å². The fraction of sp³-hybridized carbons (Fsp3) is 0.750. The number of methoxy groups -OCH3 is 1. The van der Waals surface area contributed by atoms with Gasteiger partial charge in [-0.15, -0.1) is 0 Å². The quantitative estimate of drug-likeness (QED) is 0.544. The van der Waals surface area contributed by atoms with Crippen LogP contribution in [0.2, 0.25) is 0 Å². The molecule has 2 atom stereocenters. The van der Waals surface area contributed by atoms with E-state index in [9.17, 15) is 9.59 Å². The van der Waals surface area contributed by atoms with E-state index in [2.05, 4.69) is 15.4 Å². The molecule has 0 radical (unpaired) electrons. The van der Waals surface area contributed by atoms with E-state index in [4.69, 9.17) is 0 Å². The second-order valence-electron chi connectivity index (χ2n) is 3.15. The number of carbonyl (C=O) groups is 2. The van der Waals surface area contributed by atoms with Crippen molar-refractivity contribution < 1.29 is 14.3 Å². The molecule has 1 aliphatic rings. The van der Waals surface area contributed by atoms with Gasteiger partial charge in [-0.2, -0.15) is 0 Å². The molecule has 74 valence electrons. The first-order valence-electron chi connectivity index (χ1n) is 4.24. The van der Waals surface area contributed by atoms with Gasteiger partial charge in [0.2, 0.25) is 5.91 Å². The normalized spacial score (nSPS) is 28.0. The third-order valence-corrected chi connectivity index (χ3v) is 1.97. The highest BCUT2D eigenvalue weighted by Gasteiger charge is 2.27. The number of piperazine rings is 1. The van der Waals surface area contributed by atoms with Gasteiger partial charge in [0.25, 0.3) is 0 Å². The summed E-state index contributed by atoms with van der Waals surface area (Å²) in [6.45, 7) is 2.59. The Labute approximate surface area is 76.8 Å². The predicted molar refractivity (Wildman–Crippen MR) is 46.0 cm³/mol. The van der Waals surface area contributed by atoms with Gasteiger partial charge in [-0.25, -0.2) is 0 Å². The summed E-state index contributed by atoms with van der Waals surface area (Å²) >= 11 is 0. The van der Waals surface area contributed by atoms with Crippen LogP contribution in [0.5, 0.6) is 0 Å². The molecule has 1 aliphatic heterocycles. The molecule has 0 bridgehead atoms. The molecule has 2 N–H and O–H groups in total. The van der Waals surface area contributed by atoms with Crippen molar-refractivity contribution in [2.45, 2.75) is 25.4 Å². The predicted octanol–water partition coefficient (Wildman–Crippen LogP) is -0.974. The van der Waals surface area contributed by atoms with Crippen molar-refractivity contribution in [1.82, 2.24) is 10.6 Å². The van der Waals surface area contributed by atoms with Crippen molar-refractivity contribution in [2.75, 3.05) is 13.7 Å². The average molecular weight is 186 g/mol. The number of esters is 1. The van der Waals surface area contributed by atoms with E-state index in [-0.39, 0.29) is 24.3 Å². The van der Waals surface area contributed by atoms with Crippen LogP contribution >= 0.6 is 0 Å². The van der Waals surface area contributed by atoms with Crippen LogP contribution in [-0.4, -0.2) is 37.6 Å². The van der Waals surface area contributed by atoms with E-state index < -0.39 is 6.04 Å². The number of hydrogen-bond donors (Lipinski definition) is 2. The number of nitrogens with one attached hydrogen (secondary N) is 2. The summed E-state index contributed by atoms with van der Waals surface area (Å²) in [4.78, 5) is 22.1. The summed E-state index contributed by atoms with van der Waals surface area (Å²) in [7, 11) is 1.31. The summed E-state index contributed by atoms with van der Waals surface area (Å²) in [6.07, 6.45) is 0.0923. The zero-order valence-corrected chi connectivity index (χ0v) is 7.79. The maximum absolute atomic E-state index is 11.3. The first-order chi connectivity index (χ1) is 6.13. The van der Waals surface area contributed by atoms with Gasteiger partial charge in [-0.3, -0.25) is 9.59 Å². The van der Waals surface area contributed by atoms with Crippen molar-refractivity contribution in [3.05, 3.63) is 0 Å². The van der Waals surface area contributed by atoms with E-state index in [0.29, 0.717) is 6.54 Å². The zero-order valence-electron chi connectivity index (χ0n) is 7.79. The monoisotopic (exact) mass is 186 g/mol. The Morgan fingerprint density at radius 1 is 1.69 bits per heavy atom. The van der Waals surface area contributed by atoms with E-state index in [1.54, 1.807) is 0 Å². The molecule has 0 aromatic heterocycles. The maximum Gasteiger partial charge on any atom is 0.307 e. The second kappa shape index (κ2) is 4.23. The lowest BCUT2D eigenvalue weighted by atomic mass is 10.1. The number of ether oxygens (including phenoxy) is 1. The molecule has 0 spiro atoms. The molecule has 1 fully saturated rings. The summed E-state index contributed by atoms with van der Waals surface area (Å²) in [5.74, 6) is -0.508. The molecule has 1 heterocycles. The molecule has 1 amide bonds. The lowest BCUT2D eigenvalue weighted by molar-refractivity contribution is -0.143. The van der Waals surface area contributed by atoms with Crippen molar-refractivity contribution in [3.8, 4) is 0 Å². The Kier molecular flexibility index (Phi) is 3.25. The van der Waals surface area contributed by atoms with Gasteiger partial charge in [0.05, 0.1) is 19.6 Å². The topological polar surface area (TPSA) is 67.4 Å². The smallest absolute Gasteiger partial charge is 0.307 e. The molecule has 0 saturated carbocycles. The van der Waals surface area contributed by atoms with Gasteiger partial charge < -0.3 is 15.4 Å². The van der Waals surface area contributed by atoms with Gasteiger partial charge in [0.1, 0.15) is 0 Å². The molecule has 0 aliphatic carbocycles. The Bertz CT molecular complexity index is 217. The van der Waals surface area contributed by atoms with Crippen molar-refractivity contribution in [1.29, 1.82) is 0 Å². The molecule has 5 heteroatoms. The fourth-order valence-corrected chi connectivity index (χ4v) is 1.22. The molecule has 0 aromatic carbocycles. The minimum atomic E-state index is -0.441. The molecule has 1 rings (SSSR count). The summed E-state index contributed by atoms with van der Waals surface area (Å²) in [5, 5.41) is 5.72. The number of carbonyl (C=O) groups excluding carboxylic acids is 2. The molecule has 13 heavy (non-hydrogen) atoms. The highest BCUT2D eigenvalue weighted by molar-refractivity contribution is 5.87. The molecule has 1 saturated heterocycles. The SMILES string of the molecule is COC(=O)CC1NCC(C)NC1=O. The molecular formula is C8H14N2O3. The Hall–Kier alpha value is -1.10. The fourth-order valence-electron chi connectivity index (χ4n) is 1.22. The third kappa shape index (κ3) is 2.69. The highest BCUT2D eigenvalue weighted by Crippen LogP contribution is 2.00. The van der Waals surface area contributed by atoms with Crippen molar-refractivity contribution >= 4 is 11.9 Å². The molecule has 2 unspecified atom stereocenters. The lowest BCUT2D eigenvalue weighted by Crippen LogP contribution is -2.57. The zero-order chi connectivity index (χ0) is 9.84. The minimum Gasteiger partial charge on any atom is -0.469 e. The molecule has 5 nitrogen and oxygen atoms in total. The van der Waals surface area contributed by atoms with E-state index in [1.165, 1.54) is 7.11 Å². The largest absolute Gasteiger partial charge is 0.469 e. The standard InChI is InChI=1S/C8H14N2O3/c1-5-4-9-6(8(12)10-5)3-7(11)13-2/h5-6,9H,3-4H2,1-2H3,(H,10,12). The van der Waals surface area contributed by atoms with E-state index >= 15 is 0 Å². The van der Waals surface area contributed by atoms with Crippen molar-refractivity contribution in [3.63, 3.8) is 0 Å². The molecule has 0 aromatic rings. The lowest BCUT2D eigenvalue weighted by Gasteiger charge is -2.27. The summed E-state index contributed by atoms with van der Waals surface area (Å²) in [5.41, 5.74) is 0. The van der Waals surface area contributed by atoms with Crippen LogP contribution in [-0.2, 0) is 14.3 Å². The minimum absolute atomic E-state index is 0.0923. The Balaban J connectivity index is 2.42. The maximum atomic E-state index is 11.3. The van der Waals surface area contributed by atoms with E-state index in [1.807, 2.05) is 6.92 Å². The van der Waals surface area contributed by atoms with Gasteiger partial charge in [0, 0.05) is 12.6 Å². The van der Waals surface area contributed by atoms with Gasteiger partial charge >= 0.3 is 5.97 Å². The van der Waals surface area contributed by atoms with E-state index in [0.717, 1.165) is 0 Å². The van der Waals surface area contributed by atoms with Crippen LogP contribution in [0.4, 0.5) is 0 Å². The number of rotatable bonds is 2. The van der Waals surface area contributed by atoms with Crippen LogP contribution in [0, 0.1) is 0 Å². The average Bonchev–Trinajstić information content (AvgIpc) is 2.09. The third-order valence-electron chi connectivity index (χ3n) is 1.97. The van der Waals surface area contributed by atoms with Crippen LogP contribution < -0.4 is 10.6 Å². The number of hydrogen-bond acceptors (Lipinski definition) is 4. The van der Waals surface area contributed by atoms with Crippen LogP contribution in [0.1, 0.15) is 13.3 Å². The van der Waals surface area contributed by atoms with Crippen LogP contribution in [0.3, 0.4) is 0 Å². The van der Waals surface area contributed by atoms with Crippen molar-refractivity contribution in [2.24, 2.45) is 0 Å². The van der Waals surface area contributed by atoms with Gasteiger partial charge in [-0.05, 0) is 6.92 Å². The van der Waals surface area contributed by atoms with Crippen LogP contribution in [0.15, 0.2) is 0 Å². The Morgan fingerprint density at radius 2 is 2.38 bits per heavy atom. The van der Waals surface area contributed by atoms with Gasteiger partial charge in [0.15, 0.2) is 0 Å². The first-order valence-corrected chi connectivity index (χ1v) is 4.24. The summed E-state index contributed by atoms with van der Waals surface area (Å²) < 4.78 is 4.47. The van der Waals surface area contributed by atoms with Gasteiger partial charge in [-0.1, -0.05) is 0 Å². The Morgan fingerprint density at radius 3 is 2.92 bits per heavy atom. The molecular weight excluding hydrogens is 172 g/mol. The summed E-state index contributed by atoms with van der Waals surface area (Å²) in [6, 6.07) is -0.315. The first kappa shape index (κ1) is 9.98. The number of amides is 1.